The van der Waals surface area contributed by atoms with Crippen molar-refractivity contribution < 1.29 is 9.90 Å². The van der Waals surface area contributed by atoms with Crippen molar-refractivity contribution in [2.75, 3.05) is 13.1 Å². The van der Waals surface area contributed by atoms with Crippen molar-refractivity contribution >= 4 is 5.97 Å². The van der Waals surface area contributed by atoms with Gasteiger partial charge < -0.3 is 10.8 Å². The first kappa shape index (κ1) is 12.5. The largest absolute Gasteiger partial charge is 0.480 e. The Balaban J connectivity index is 2.67. The summed E-state index contributed by atoms with van der Waals surface area (Å²) in [4.78, 5) is 13.2. The number of hydrogen-bond acceptors (Lipinski definition) is 3. The predicted molar refractivity (Wildman–Crippen MR) is 59.7 cm³/mol. The van der Waals surface area contributed by atoms with Crippen LogP contribution in [-0.2, 0) is 4.79 Å². The second kappa shape index (κ2) is 5.47. The third kappa shape index (κ3) is 3.18. The van der Waals surface area contributed by atoms with E-state index in [0.717, 1.165) is 13.0 Å². The first-order valence-corrected chi connectivity index (χ1v) is 5.74. The zero-order valence-electron chi connectivity index (χ0n) is 9.65. The van der Waals surface area contributed by atoms with Gasteiger partial charge in [0.05, 0.1) is 0 Å². The lowest BCUT2D eigenvalue weighted by Gasteiger charge is -2.40. The van der Waals surface area contributed by atoms with Crippen LogP contribution >= 0.6 is 0 Å². The van der Waals surface area contributed by atoms with Crippen molar-refractivity contribution in [3.63, 3.8) is 0 Å². The molecule has 1 rings (SSSR count). The number of carboxylic acids is 1. The second-order valence-electron chi connectivity index (χ2n) is 4.66. The molecule has 3 atom stereocenters. The Morgan fingerprint density at radius 1 is 1.53 bits per heavy atom. The van der Waals surface area contributed by atoms with E-state index in [1.165, 1.54) is 6.42 Å². The van der Waals surface area contributed by atoms with Crippen LogP contribution in [0.3, 0.4) is 0 Å². The fourth-order valence-corrected chi connectivity index (χ4v) is 2.35. The standard InChI is InChI=1S/C11H22N2O2/c1-8-3-4-9(2)13(7-8)10(5-6-12)11(14)15/h8-10H,3-7,12H2,1-2H3,(H,14,15). The summed E-state index contributed by atoms with van der Waals surface area (Å²) >= 11 is 0. The lowest BCUT2D eigenvalue weighted by atomic mass is 9.93. The van der Waals surface area contributed by atoms with E-state index in [1.54, 1.807) is 0 Å². The normalized spacial score (nSPS) is 30.1. The number of rotatable bonds is 4. The van der Waals surface area contributed by atoms with Gasteiger partial charge in [-0.2, -0.15) is 0 Å². The Kier molecular flexibility index (Phi) is 4.54. The van der Waals surface area contributed by atoms with Crippen molar-refractivity contribution in [1.29, 1.82) is 0 Å². The molecule has 4 nitrogen and oxygen atoms in total. The number of nitrogens with zero attached hydrogens (tertiary/aromatic N) is 1. The minimum Gasteiger partial charge on any atom is -0.480 e. The topological polar surface area (TPSA) is 66.6 Å². The molecular formula is C11H22N2O2. The van der Waals surface area contributed by atoms with Gasteiger partial charge in [0.15, 0.2) is 0 Å². The minimum absolute atomic E-state index is 0.369. The molecule has 0 spiro atoms. The van der Waals surface area contributed by atoms with E-state index in [1.807, 2.05) is 0 Å². The number of nitrogens with two attached hydrogens (primary N) is 1. The number of likely N-dealkylation sites (tertiary alicyclic amines) is 1. The molecule has 1 aliphatic heterocycles. The van der Waals surface area contributed by atoms with Crippen LogP contribution in [-0.4, -0.2) is 41.1 Å². The smallest absolute Gasteiger partial charge is 0.320 e. The molecule has 4 heteroatoms. The molecule has 1 aliphatic rings. The Hall–Kier alpha value is -0.610. The molecule has 1 heterocycles. The molecule has 0 saturated carbocycles. The molecule has 3 unspecified atom stereocenters. The maximum absolute atomic E-state index is 11.1. The van der Waals surface area contributed by atoms with Crippen LogP contribution in [0.25, 0.3) is 0 Å². The minimum atomic E-state index is -0.735. The summed E-state index contributed by atoms with van der Waals surface area (Å²) in [5.74, 6) is -0.137. The van der Waals surface area contributed by atoms with Crippen molar-refractivity contribution in [2.24, 2.45) is 11.7 Å². The van der Waals surface area contributed by atoms with Gasteiger partial charge in [0.1, 0.15) is 6.04 Å². The zero-order chi connectivity index (χ0) is 11.4. The van der Waals surface area contributed by atoms with Gasteiger partial charge in [0.25, 0.3) is 0 Å². The molecule has 1 saturated heterocycles. The first-order chi connectivity index (χ1) is 7.06. The Bertz CT molecular complexity index is 221. The quantitative estimate of drug-likeness (QED) is 0.730. The average Bonchev–Trinajstić information content (AvgIpc) is 2.18. The number of hydrogen-bond donors (Lipinski definition) is 2. The highest BCUT2D eigenvalue weighted by Gasteiger charge is 2.32. The van der Waals surface area contributed by atoms with Crippen LogP contribution in [0.5, 0.6) is 0 Å². The molecule has 0 aromatic rings. The Labute approximate surface area is 91.4 Å². The predicted octanol–water partition coefficient (Wildman–Crippen LogP) is 0.909. The van der Waals surface area contributed by atoms with Crippen molar-refractivity contribution in [3.8, 4) is 0 Å². The van der Waals surface area contributed by atoms with E-state index >= 15 is 0 Å². The molecule has 3 N–H and O–H groups in total. The van der Waals surface area contributed by atoms with Gasteiger partial charge >= 0.3 is 5.97 Å². The first-order valence-electron chi connectivity index (χ1n) is 5.74. The highest BCUT2D eigenvalue weighted by atomic mass is 16.4. The van der Waals surface area contributed by atoms with Crippen molar-refractivity contribution in [1.82, 2.24) is 4.90 Å². The van der Waals surface area contributed by atoms with Crippen LogP contribution in [0, 0.1) is 5.92 Å². The van der Waals surface area contributed by atoms with E-state index < -0.39 is 12.0 Å². The van der Waals surface area contributed by atoms with Gasteiger partial charge in [0, 0.05) is 12.6 Å². The molecule has 0 bridgehead atoms. The molecule has 0 aliphatic carbocycles. The molecule has 0 aromatic carbocycles. The van der Waals surface area contributed by atoms with E-state index in [2.05, 4.69) is 18.7 Å². The van der Waals surface area contributed by atoms with Gasteiger partial charge in [0.2, 0.25) is 0 Å². The van der Waals surface area contributed by atoms with E-state index in [-0.39, 0.29) is 0 Å². The molecule has 1 fully saturated rings. The fourth-order valence-electron chi connectivity index (χ4n) is 2.35. The second-order valence-corrected chi connectivity index (χ2v) is 4.66. The maximum Gasteiger partial charge on any atom is 0.320 e. The summed E-state index contributed by atoms with van der Waals surface area (Å²) in [6.45, 7) is 5.62. The van der Waals surface area contributed by atoms with Gasteiger partial charge in [-0.25, -0.2) is 0 Å². The zero-order valence-corrected chi connectivity index (χ0v) is 9.65. The SMILES string of the molecule is CC1CCC(C)N(C(CCN)C(=O)O)C1. The molecule has 0 aromatic heterocycles. The van der Waals surface area contributed by atoms with Gasteiger partial charge in [-0.15, -0.1) is 0 Å². The molecule has 88 valence electrons. The summed E-state index contributed by atoms with van der Waals surface area (Å²) in [6.07, 6.45) is 2.84. The summed E-state index contributed by atoms with van der Waals surface area (Å²) in [6, 6.07) is -0.0263. The highest BCUT2D eigenvalue weighted by Crippen LogP contribution is 2.24. The van der Waals surface area contributed by atoms with Gasteiger partial charge in [-0.1, -0.05) is 6.92 Å². The molecule has 0 radical (unpaired) electrons. The van der Waals surface area contributed by atoms with Gasteiger partial charge in [-0.3, -0.25) is 9.69 Å². The lowest BCUT2D eigenvalue weighted by Crippen LogP contribution is -2.51. The molecular weight excluding hydrogens is 192 g/mol. The molecule has 15 heavy (non-hydrogen) atoms. The summed E-state index contributed by atoms with van der Waals surface area (Å²) in [5.41, 5.74) is 5.46. The Morgan fingerprint density at radius 3 is 2.73 bits per heavy atom. The lowest BCUT2D eigenvalue weighted by molar-refractivity contribution is -0.145. The van der Waals surface area contributed by atoms with Crippen LogP contribution in [0.1, 0.15) is 33.1 Å². The van der Waals surface area contributed by atoms with Gasteiger partial charge in [-0.05, 0) is 38.6 Å². The average molecular weight is 214 g/mol. The third-order valence-electron chi connectivity index (χ3n) is 3.29. The van der Waals surface area contributed by atoms with Crippen LogP contribution in [0.4, 0.5) is 0 Å². The van der Waals surface area contributed by atoms with Crippen molar-refractivity contribution in [3.05, 3.63) is 0 Å². The van der Waals surface area contributed by atoms with Crippen LogP contribution in [0.2, 0.25) is 0 Å². The van der Waals surface area contributed by atoms with Crippen molar-refractivity contribution in [2.45, 2.75) is 45.2 Å². The summed E-state index contributed by atoms with van der Waals surface area (Å²) in [5, 5.41) is 9.16. The monoisotopic (exact) mass is 214 g/mol. The van der Waals surface area contributed by atoms with E-state index in [4.69, 9.17) is 10.8 Å². The van der Waals surface area contributed by atoms with Crippen LogP contribution in [0.15, 0.2) is 0 Å². The number of aliphatic carboxylic acids is 1. The van der Waals surface area contributed by atoms with E-state index in [9.17, 15) is 4.79 Å². The summed E-state index contributed by atoms with van der Waals surface area (Å²) < 4.78 is 0. The summed E-state index contributed by atoms with van der Waals surface area (Å²) in [7, 11) is 0. The number of carboxylic acid groups (broad SMARTS) is 1. The number of piperidine rings is 1. The molecule has 0 amide bonds. The van der Waals surface area contributed by atoms with E-state index in [0.29, 0.717) is 24.9 Å². The fraction of sp³-hybridized carbons (Fsp3) is 0.909. The Morgan fingerprint density at radius 2 is 2.20 bits per heavy atom. The third-order valence-corrected chi connectivity index (χ3v) is 3.29. The highest BCUT2D eigenvalue weighted by molar-refractivity contribution is 5.73. The van der Waals surface area contributed by atoms with Crippen LogP contribution < -0.4 is 5.73 Å². The maximum atomic E-state index is 11.1. The number of carbonyl (C=O) groups is 1.